The molecule has 0 unspecified atom stereocenters. The first-order valence-corrected chi connectivity index (χ1v) is 8.02. The van der Waals surface area contributed by atoms with Crippen molar-refractivity contribution in [2.75, 3.05) is 18.5 Å². The maximum absolute atomic E-state index is 13.1. The Morgan fingerprint density at radius 1 is 1.12 bits per heavy atom. The van der Waals surface area contributed by atoms with Gasteiger partial charge in [0.25, 0.3) is 0 Å². The number of aliphatic hydroxyl groups is 1. The first kappa shape index (κ1) is 18.6. The number of amides is 2. The summed E-state index contributed by atoms with van der Waals surface area (Å²) in [5.41, 5.74) is 1.90. The quantitative estimate of drug-likeness (QED) is 0.704. The highest BCUT2D eigenvalue weighted by Gasteiger charge is 2.18. The molecular weight excluding hydrogens is 323 g/mol. The predicted molar refractivity (Wildman–Crippen MR) is 93.7 cm³/mol. The molecule has 0 aliphatic rings. The van der Waals surface area contributed by atoms with Crippen molar-refractivity contribution in [1.29, 1.82) is 0 Å². The van der Waals surface area contributed by atoms with Crippen molar-refractivity contribution in [3.8, 4) is 0 Å². The predicted octanol–water partition coefficient (Wildman–Crippen LogP) is 2.36. The molecule has 0 aromatic heterocycles. The summed E-state index contributed by atoms with van der Waals surface area (Å²) in [5.74, 6) is -2.08. The minimum absolute atomic E-state index is 0.0175. The van der Waals surface area contributed by atoms with Gasteiger partial charge >= 0.3 is 11.8 Å². The highest BCUT2D eigenvalue weighted by atomic mass is 19.1. The smallest absolute Gasteiger partial charge is 0.313 e. The molecule has 0 heterocycles. The van der Waals surface area contributed by atoms with Crippen LogP contribution in [0.5, 0.6) is 0 Å². The number of hydrogen-bond donors (Lipinski definition) is 3. The number of rotatable bonds is 6. The Balaban J connectivity index is 1.94. The first-order valence-electron chi connectivity index (χ1n) is 8.02. The van der Waals surface area contributed by atoms with Crippen LogP contribution in [0, 0.1) is 12.7 Å². The molecule has 3 N–H and O–H groups in total. The molecule has 2 rings (SSSR count). The van der Waals surface area contributed by atoms with Crippen LogP contribution in [-0.4, -0.2) is 30.1 Å². The molecule has 6 heteroatoms. The van der Waals surface area contributed by atoms with Crippen molar-refractivity contribution in [2.45, 2.75) is 19.3 Å². The number of hydrogen-bond acceptors (Lipinski definition) is 3. The van der Waals surface area contributed by atoms with Crippen molar-refractivity contribution in [1.82, 2.24) is 5.32 Å². The average molecular weight is 344 g/mol. The molecule has 1 atom stereocenters. The van der Waals surface area contributed by atoms with Gasteiger partial charge in [0.1, 0.15) is 5.82 Å². The van der Waals surface area contributed by atoms with Crippen LogP contribution in [0.1, 0.15) is 23.5 Å². The number of carbonyl (C=O) groups is 2. The molecule has 0 aliphatic carbocycles. The fourth-order valence-electron chi connectivity index (χ4n) is 2.51. The van der Waals surface area contributed by atoms with Gasteiger partial charge in [-0.1, -0.05) is 30.3 Å². The van der Waals surface area contributed by atoms with Gasteiger partial charge in [-0.25, -0.2) is 4.39 Å². The van der Waals surface area contributed by atoms with Crippen molar-refractivity contribution >= 4 is 17.5 Å². The van der Waals surface area contributed by atoms with Gasteiger partial charge in [0.15, 0.2) is 0 Å². The van der Waals surface area contributed by atoms with Gasteiger partial charge in [-0.2, -0.15) is 0 Å². The molecule has 0 spiro atoms. The molecular formula is C19H21FN2O3. The number of aryl methyl sites for hydroxylation is 1. The first-order chi connectivity index (χ1) is 12.0. The van der Waals surface area contributed by atoms with E-state index in [0.717, 1.165) is 5.56 Å². The van der Waals surface area contributed by atoms with Crippen molar-refractivity contribution in [3.63, 3.8) is 0 Å². The summed E-state index contributed by atoms with van der Waals surface area (Å²) < 4.78 is 13.1. The molecule has 132 valence electrons. The highest BCUT2D eigenvalue weighted by molar-refractivity contribution is 6.39. The van der Waals surface area contributed by atoms with Crippen LogP contribution in [-0.2, 0) is 9.59 Å². The molecule has 2 aromatic carbocycles. The Bertz CT molecular complexity index is 735. The van der Waals surface area contributed by atoms with Gasteiger partial charge in [0, 0.05) is 24.8 Å². The summed E-state index contributed by atoms with van der Waals surface area (Å²) in [6.07, 6.45) is 0.475. The molecule has 25 heavy (non-hydrogen) atoms. The third kappa shape index (κ3) is 5.39. The van der Waals surface area contributed by atoms with Crippen LogP contribution in [0.15, 0.2) is 48.5 Å². The minimum atomic E-state index is -0.814. The second-order valence-corrected chi connectivity index (χ2v) is 5.74. The fourth-order valence-corrected chi connectivity index (χ4v) is 2.51. The largest absolute Gasteiger partial charge is 0.396 e. The molecule has 5 nitrogen and oxygen atoms in total. The standard InChI is InChI=1S/C19H21FN2O3/c1-13-11-16(20)7-8-17(13)22-19(25)18(24)21-12-15(9-10-23)14-5-3-2-4-6-14/h2-8,11,15,23H,9-10,12H2,1H3,(H,21,24)(H,22,25)/t15-/m1/s1. The zero-order valence-electron chi connectivity index (χ0n) is 14.0. The second kappa shape index (κ2) is 8.94. The lowest BCUT2D eigenvalue weighted by molar-refractivity contribution is -0.136. The lowest BCUT2D eigenvalue weighted by atomic mass is 9.96. The summed E-state index contributed by atoms with van der Waals surface area (Å²) in [6, 6.07) is 13.4. The number of benzene rings is 2. The molecule has 0 bridgehead atoms. The molecule has 2 aromatic rings. The Labute approximate surface area is 145 Å². The molecule has 0 saturated carbocycles. The van der Waals surface area contributed by atoms with E-state index in [-0.39, 0.29) is 19.1 Å². The molecule has 0 radical (unpaired) electrons. The van der Waals surface area contributed by atoms with E-state index >= 15 is 0 Å². The number of aliphatic hydroxyl groups excluding tert-OH is 1. The van der Waals surface area contributed by atoms with Gasteiger partial charge in [-0.3, -0.25) is 9.59 Å². The number of halogens is 1. The van der Waals surface area contributed by atoms with E-state index in [9.17, 15) is 19.1 Å². The number of anilines is 1. The third-order valence-corrected chi connectivity index (χ3v) is 3.90. The van der Waals surface area contributed by atoms with Gasteiger partial charge in [0.2, 0.25) is 0 Å². The summed E-state index contributed by atoms with van der Waals surface area (Å²) >= 11 is 0. The van der Waals surface area contributed by atoms with E-state index in [1.165, 1.54) is 18.2 Å². The van der Waals surface area contributed by atoms with Crippen molar-refractivity contribution in [2.24, 2.45) is 0 Å². The van der Waals surface area contributed by atoms with E-state index in [1.807, 2.05) is 30.3 Å². The van der Waals surface area contributed by atoms with Crippen LogP contribution in [0.25, 0.3) is 0 Å². The third-order valence-electron chi connectivity index (χ3n) is 3.90. The lowest BCUT2D eigenvalue weighted by Crippen LogP contribution is -2.38. The highest BCUT2D eigenvalue weighted by Crippen LogP contribution is 2.18. The van der Waals surface area contributed by atoms with E-state index < -0.39 is 17.6 Å². The van der Waals surface area contributed by atoms with Gasteiger partial charge in [0.05, 0.1) is 0 Å². The molecule has 0 aliphatic heterocycles. The van der Waals surface area contributed by atoms with Gasteiger partial charge < -0.3 is 15.7 Å². The molecule has 0 fully saturated rings. The van der Waals surface area contributed by atoms with Crippen LogP contribution >= 0.6 is 0 Å². The van der Waals surface area contributed by atoms with Gasteiger partial charge in [-0.15, -0.1) is 0 Å². The summed E-state index contributed by atoms with van der Waals surface area (Å²) in [5, 5.41) is 14.2. The van der Waals surface area contributed by atoms with Crippen molar-refractivity contribution in [3.05, 3.63) is 65.5 Å². The van der Waals surface area contributed by atoms with Gasteiger partial charge in [-0.05, 0) is 42.7 Å². The molecule has 2 amide bonds. The topological polar surface area (TPSA) is 78.4 Å². The molecule has 0 saturated heterocycles. The van der Waals surface area contributed by atoms with Crippen molar-refractivity contribution < 1.29 is 19.1 Å². The zero-order chi connectivity index (χ0) is 18.2. The Kier molecular flexibility index (Phi) is 6.65. The summed E-state index contributed by atoms with van der Waals surface area (Å²) in [6.45, 7) is 1.86. The number of nitrogens with one attached hydrogen (secondary N) is 2. The van der Waals surface area contributed by atoms with Crippen LogP contribution < -0.4 is 10.6 Å². The van der Waals surface area contributed by atoms with E-state index in [1.54, 1.807) is 6.92 Å². The number of carbonyl (C=O) groups excluding carboxylic acids is 2. The van der Waals surface area contributed by atoms with E-state index in [4.69, 9.17) is 0 Å². The average Bonchev–Trinajstić information content (AvgIpc) is 2.61. The summed E-state index contributed by atoms with van der Waals surface area (Å²) in [7, 11) is 0. The minimum Gasteiger partial charge on any atom is -0.396 e. The summed E-state index contributed by atoms with van der Waals surface area (Å²) in [4.78, 5) is 24.0. The van der Waals surface area contributed by atoms with Crippen LogP contribution in [0.2, 0.25) is 0 Å². The Morgan fingerprint density at radius 2 is 1.84 bits per heavy atom. The van der Waals surface area contributed by atoms with E-state index in [2.05, 4.69) is 10.6 Å². The fraction of sp³-hybridized carbons (Fsp3) is 0.263. The maximum atomic E-state index is 13.1. The lowest BCUT2D eigenvalue weighted by Gasteiger charge is -2.17. The monoisotopic (exact) mass is 344 g/mol. The Morgan fingerprint density at radius 3 is 2.48 bits per heavy atom. The van der Waals surface area contributed by atoms with Crippen LogP contribution in [0.3, 0.4) is 0 Å². The zero-order valence-corrected chi connectivity index (χ0v) is 14.0. The normalized spacial score (nSPS) is 11.6. The SMILES string of the molecule is Cc1cc(F)ccc1NC(=O)C(=O)NC[C@@H](CCO)c1ccccc1. The maximum Gasteiger partial charge on any atom is 0.313 e. The van der Waals surface area contributed by atoms with Crippen LogP contribution in [0.4, 0.5) is 10.1 Å². The second-order valence-electron chi connectivity index (χ2n) is 5.74. The van der Waals surface area contributed by atoms with E-state index in [0.29, 0.717) is 17.7 Å². The Hall–Kier alpha value is -2.73.